The average molecular weight is 363 g/mol. The number of rotatable bonds is 2. The summed E-state index contributed by atoms with van der Waals surface area (Å²) < 4.78 is 1.14. The molecule has 3 heterocycles. The predicted octanol–water partition coefficient (Wildman–Crippen LogP) is 2.99. The van der Waals surface area contributed by atoms with E-state index in [4.69, 9.17) is 16.6 Å². The Bertz CT molecular complexity index is 952. The van der Waals surface area contributed by atoms with Gasteiger partial charge in [0.2, 0.25) is 0 Å². The highest BCUT2D eigenvalue weighted by Gasteiger charge is 2.27. The van der Waals surface area contributed by atoms with Gasteiger partial charge in [-0.2, -0.15) is 0 Å². The molecule has 4 rings (SSSR count). The van der Waals surface area contributed by atoms with E-state index in [0.717, 1.165) is 28.1 Å². The lowest BCUT2D eigenvalue weighted by molar-refractivity contribution is 0.0707. The van der Waals surface area contributed by atoms with E-state index in [-0.39, 0.29) is 11.6 Å². The molecule has 0 saturated carbocycles. The molecule has 2 N–H and O–H groups in total. The maximum atomic E-state index is 12.3. The number of halogens is 1. The molecule has 6 nitrogen and oxygen atoms in total. The molecule has 1 amide bonds. The zero-order valence-corrected chi connectivity index (χ0v) is 14.3. The molecule has 3 aromatic rings. The summed E-state index contributed by atoms with van der Waals surface area (Å²) in [4.78, 5) is 34.9. The number of H-pyrrole nitrogens is 2. The summed E-state index contributed by atoms with van der Waals surface area (Å²) in [5.41, 5.74) is 0.889. The van der Waals surface area contributed by atoms with E-state index in [1.54, 1.807) is 16.2 Å². The van der Waals surface area contributed by atoms with E-state index in [1.165, 1.54) is 6.20 Å². The Kier molecular flexibility index (Phi) is 3.90. The summed E-state index contributed by atoms with van der Waals surface area (Å²) in [5.74, 6) is 0.221. The van der Waals surface area contributed by atoms with Crippen LogP contribution in [0.1, 0.15) is 34.3 Å². The second kappa shape index (κ2) is 6.07. The second-order valence-electron chi connectivity index (χ2n) is 5.89. The highest BCUT2D eigenvalue weighted by Crippen LogP contribution is 2.34. The summed E-state index contributed by atoms with van der Waals surface area (Å²) >= 11 is 7.72. The molecule has 2 aromatic heterocycles. The number of carbonyl (C=O) groups excluding carboxylic acids is 1. The fourth-order valence-electron chi connectivity index (χ4n) is 3.04. The van der Waals surface area contributed by atoms with Gasteiger partial charge in [0.25, 0.3) is 5.91 Å². The molecule has 1 saturated heterocycles. The third-order valence-electron chi connectivity index (χ3n) is 4.32. The molecule has 1 aromatic carbocycles. The first-order valence-electron chi connectivity index (χ1n) is 7.73. The van der Waals surface area contributed by atoms with Crippen LogP contribution in [0.2, 0.25) is 5.02 Å². The summed E-state index contributed by atoms with van der Waals surface area (Å²) in [6, 6.07) is 5.77. The van der Waals surface area contributed by atoms with Gasteiger partial charge >= 0.3 is 5.69 Å². The van der Waals surface area contributed by atoms with E-state index in [1.807, 2.05) is 18.2 Å². The first-order chi connectivity index (χ1) is 11.6. The Labute approximate surface area is 146 Å². The number of piperidine rings is 1. The maximum Gasteiger partial charge on any atom is 0.323 e. The van der Waals surface area contributed by atoms with Gasteiger partial charge in [-0.1, -0.05) is 11.6 Å². The monoisotopic (exact) mass is 362 g/mol. The fraction of sp³-hybridized carbons (Fsp3) is 0.312. The number of nitrogens with zero attached hydrogens (tertiary/aromatic N) is 2. The van der Waals surface area contributed by atoms with Gasteiger partial charge in [-0.25, -0.2) is 9.78 Å². The summed E-state index contributed by atoms with van der Waals surface area (Å²) in [7, 11) is 0. The number of amides is 1. The quantitative estimate of drug-likeness (QED) is 0.735. The van der Waals surface area contributed by atoms with Gasteiger partial charge in [-0.05, 0) is 31.0 Å². The Morgan fingerprint density at radius 1 is 1.33 bits per heavy atom. The van der Waals surface area contributed by atoms with E-state index in [2.05, 4.69) is 9.97 Å². The zero-order chi connectivity index (χ0) is 16.7. The minimum Gasteiger partial charge on any atom is -0.337 e. The predicted molar refractivity (Wildman–Crippen MR) is 93.9 cm³/mol. The molecule has 0 spiro atoms. The van der Waals surface area contributed by atoms with Gasteiger partial charge in [0.15, 0.2) is 0 Å². The number of thiazole rings is 1. The van der Waals surface area contributed by atoms with Crippen LogP contribution in [0.25, 0.3) is 10.2 Å². The molecule has 1 fully saturated rings. The second-order valence-corrected chi connectivity index (χ2v) is 7.39. The van der Waals surface area contributed by atoms with Gasteiger partial charge in [0, 0.05) is 30.2 Å². The minimum atomic E-state index is -0.360. The number of nitrogens with one attached hydrogen (secondary N) is 2. The Morgan fingerprint density at radius 2 is 2.12 bits per heavy atom. The number of fused-ring (bicyclic) bond motifs is 1. The number of carbonyl (C=O) groups is 1. The smallest absolute Gasteiger partial charge is 0.323 e. The lowest BCUT2D eigenvalue weighted by Gasteiger charge is -2.30. The van der Waals surface area contributed by atoms with Crippen molar-refractivity contribution >= 4 is 39.1 Å². The molecule has 8 heteroatoms. The van der Waals surface area contributed by atoms with Gasteiger partial charge in [-0.3, -0.25) is 4.79 Å². The zero-order valence-electron chi connectivity index (χ0n) is 12.7. The van der Waals surface area contributed by atoms with E-state index < -0.39 is 0 Å². The van der Waals surface area contributed by atoms with Crippen LogP contribution in [-0.2, 0) is 0 Å². The molecule has 0 unspecified atom stereocenters. The third kappa shape index (κ3) is 2.85. The van der Waals surface area contributed by atoms with E-state index in [0.29, 0.717) is 29.7 Å². The number of aromatic nitrogens is 3. The van der Waals surface area contributed by atoms with Gasteiger partial charge in [0.1, 0.15) is 5.69 Å². The van der Waals surface area contributed by atoms with Crippen LogP contribution in [0.5, 0.6) is 0 Å². The van der Waals surface area contributed by atoms with Crippen molar-refractivity contribution in [3.05, 3.63) is 50.6 Å². The van der Waals surface area contributed by atoms with Crippen molar-refractivity contribution in [1.29, 1.82) is 0 Å². The molecule has 1 aliphatic heterocycles. The summed E-state index contributed by atoms with van der Waals surface area (Å²) in [6.45, 7) is 1.32. The standard InChI is InChI=1S/C16H15ClN4O2S/c17-10-1-2-13-11(7-10)19-14(24-13)9-3-5-21(6-4-9)15(22)12-8-18-16(23)20-12/h1-2,7-9H,3-6H2,(H2,18,20,23). The van der Waals surface area contributed by atoms with Gasteiger partial charge in [0.05, 0.1) is 15.2 Å². The highest BCUT2D eigenvalue weighted by atomic mass is 35.5. The number of hydrogen-bond donors (Lipinski definition) is 2. The van der Waals surface area contributed by atoms with Crippen molar-refractivity contribution in [2.75, 3.05) is 13.1 Å². The Morgan fingerprint density at radius 3 is 2.83 bits per heavy atom. The number of imidazole rings is 1. The van der Waals surface area contributed by atoms with E-state index in [9.17, 15) is 9.59 Å². The SMILES string of the molecule is O=C(c1c[nH]c(=O)[nH]1)N1CCC(c2nc3cc(Cl)ccc3s2)CC1. The van der Waals surface area contributed by atoms with Crippen LogP contribution in [0.3, 0.4) is 0 Å². The lowest BCUT2D eigenvalue weighted by atomic mass is 9.97. The molecule has 0 bridgehead atoms. The van der Waals surface area contributed by atoms with Crippen LogP contribution < -0.4 is 5.69 Å². The van der Waals surface area contributed by atoms with Crippen molar-refractivity contribution in [3.8, 4) is 0 Å². The molecule has 0 radical (unpaired) electrons. The Hall–Kier alpha value is -2.12. The van der Waals surface area contributed by atoms with Crippen LogP contribution >= 0.6 is 22.9 Å². The number of hydrogen-bond acceptors (Lipinski definition) is 4. The number of aromatic amines is 2. The van der Waals surface area contributed by atoms with Gasteiger partial charge < -0.3 is 14.9 Å². The van der Waals surface area contributed by atoms with Crippen LogP contribution in [0.4, 0.5) is 0 Å². The normalized spacial score (nSPS) is 16.0. The molecular formula is C16H15ClN4O2S. The van der Waals surface area contributed by atoms with Crippen LogP contribution in [-0.4, -0.2) is 38.8 Å². The van der Waals surface area contributed by atoms with Crippen LogP contribution in [0.15, 0.2) is 29.2 Å². The summed E-state index contributed by atoms with van der Waals surface area (Å²) in [5, 5.41) is 1.80. The molecule has 124 valence electrons. The topological polar surface area (TPSA) is 81.8 Å². The van der Waals surface area contributed by atoms with Crippen molar-refractivity contribution in [2.45, 2.75) is 18.8 Å². The van der Waals surface area contributed by atoms with Crippen molar-refractivity contribution in [2.24, 2.45) is 0 Å². The molecule has 0 atom stereocenters. The van der Waals surface area contributed by atoms with Crippen molar-refractivity contribution < 1.29 is 4.79 Å². The van der Waals surface area contributed by atoms with Gasteiger partial charge in [-0.15, -0.1) is 11.3 Å². The van der Waals surface area contributed by atoms with Crippen molar-refractivity contribution in [3.63, 3.8) is 0 Å². The average Bonchev–Trinajstić information content (AvgIpc) is 3.20. The first kappa shape index (κ1) is 15.4. The molecule has 1 aliphatic rings. The van der Waals surface area contributed by atoms with E-state index >= 15 is 0 Å². The third-order valence-corrected chi connectivity index (χ3v) is 5.76. The molecular weight excluding hydrogens is 348 g/mol. The largest absolute Gasteiger partial charge is 0.337 e. The molecule has 24 heavy (non-hydrogen) atoms. The molecule has 0 aliphatic carbocycles. The summed E-state index contributed by atoms with van der Waals surface area (Å²) in [6.07, 6.45) is 3.16. The maximum absolute atomic E-state index is 12.3. The Balaban J connectivity index is 1.47. The minimum absolute atomic E-state index is 0.136. The lowest BCUT2D eigenvalue weighted by Crippen LogP contribution is -2.38. The fourth-order valence-corrected chi connectivity index (χ4v) is 4.32. The number of benzene rings is 1. The first-order valence-corrected chi connectivity index (χ1v) is 8.92. The van der Waals surface area contributed by atoms with Crippen molar-refractivity contribution in [1.82, 2.24) is 19.9 Å². The van der Waals surface area contributed by atoms with Crippen LogP contribution in [0, 0.1) is 0 Å². The highest BCUT2D eigenvalue weighted by molar-refractivity contribution is 7.18. The number of likely N-dealkylation sites (tertiary alicyclic amines) is 1.